The second-order valence-corrected chi connectivity index (χ2v) is 7.08. The van der Waals surface area contributed by atoms with Gasteiger partial charge >= 0.3 is 0 Å². The summed E-state index contributed by atoms with van der Waals surface area (Å²) in [5, 5.41) is 11.3. The summed E-state index contributed by atoms with van der Waals surface area (Å²) < 4.78 is 0. The number of likely N-dealkylation sites (N-methyl/N-ethyl adjacent to an activating group) is 1. The molecule has 0 bridgehead atoms. The van der Waals surface area contributed by atoms with Gasteiger partial charge in [-0.2, -0.15) is 0 Å². The number of hydrogen-bond acceptors (Lipinski definition) is 3. The zero-order valence-corrected chi connectivity index (χ0v) is 13.9. The summed E-state index contributed by atoms with van der Waals surface area (Å²) in [4.78, 5) is 3.24. The summed E-state index contributed by atoms with van der Waals surface area (Å²) in [5.41, 5.74) is -0.658. The Balaban J connectivity index is 2.46. The summed E-state index contributed by atoms with van der Waals surface area (Å²) in [6.45, 7) is 8.27. The molecule has 0 atom stereocenters. The van der Waals surface area contributed by atoms with E-state index < -0.39 is 5.60 Å². The third-order valence-corrected chi connectivity index (χ3v) is 4.33. The number of halogens is 2. The van der Waals surface area contributed by atoms with E-state index in [-0.39, 0.29) is 0 Å². The van der Waals surface area contributed by atoms with Crippen LogP contribution >= 0.6 is 35.0 Å². The molecule has 1 N–H and O–H groups in total. The second-order valence-electron chi connectivity index (χ2n) is 5.10. The monoisotopic (exact) mass is 321 g/mol. The van der Waals surface area contributed by atoms with Gasteiger partial charge in [-0.1, -0.05) is 30.1 Å². The van der Waals surface area contributed by atoms with E-state index in [4.69, 9.17) is 23.2 Å². The van der Waals surface area contributed by atoms with Crippen molar-refractivity contribution in [2.24, 2.45) is 0 Å². The van der Waals surface area contributed by atoms with Crippen LogP contribution in [0.25, 0.3) is 0 Å². The summed E-state index contributed by atoms with van der Waals surface area (Å²) in [6, 6.07) is 5.50. The first-order chi connectivity index (χ1) is 8.81. The van der Waals surface area contributed by atoms with Crippen molar-refractivity contribution < 1.29 is 5.11 Å². The van der Waals surface area contributed by atoms with Crippen LogP contribution in [-0.4, -0.2) is 41.0 Å². The fourth-order valence-corrected chi connectivity index (χ4v) is 3.27. The van der Waals surface area contributed by atoms with Crippen LogP contribution in [0.2, 0.25) is 10.0 Å². The third-order valence-electron chi connectivity index (χ3n) is 2.62. The van der Waals surface area contributed by atoms with E-state index in [0.717, 1.165) is 28.8 Å². The number of nitrogens with zero attached hydrogens (tertiary/aromatic N) is 1. The van der Waals surface area contributed by atoms with Crippen molar-refractivity contribution in [1.82, 2.24) is 4.90 Å². The van der Waals surface area contributed by atoms with Crippen LogP contribution in [0.15, 0.2) is 23.1 Å². The summed E-state index contributed by atoms with van der Waals surface area (Å²) in [6.07, 6.45) is 0. The first-order valence-corrected chi connectivity index (χ1v) is 8.08. The lowest BCUT2D eigenvalue weighted by atomic mass is 10.1. The van der Waals surface area contributed by atoms with Crippen molar-refractivity contribution in [3.05, 3.63) is 28.2 Å². The Hall–Kier alpha value is 0.0700. The molecule has 0 heterocycles. The molecule has 19 heavy (non-hydrogen) atoms. The predicted octanol–water partition coefficient (Wildman–Crippen LogP) is 4.18. The molecule has 2 nitrogen and oxygen atoms in total. The molecule has 0 aliphatic heterocycles. The molecule has 0 fully saturated rings. The molecule has 0 aliphatic carbocycles. The van der Waals surface area contributed by atoms with Gasteiger partial charge in [-0.05, 0) is 38.6 Å². The Bertz CT molecular complexity index is 407. The summed E-state index contributed by atoms with van der Waals surface area (Å²) in [5.74, 6) is 0.921. The fraction of sp³-hybridized carbons (Fsp3) is 0.571. The largest absolute Gasteiger partial charge is 0.389 e. The zero-order chi connectivity index (χ0) is 14.5. The summed E-state index contributed by atoms with van der Waals surface area (Å²) in [7, 11) is 0. The smallest absolute Gasteiger partial charge is 0.0718 e. The maximum atomic E-state index is 9.83. The highest BCUT2D eigenvalue weighted by Crippen LogP contribution is 2.29. The molecule has 1 rings (SSSR count). The Labute approximate surface area is 130 Å². The third kappa shape index (κ3) is 6.87. The normalized spacial score (nSPS) is 12.2. The molecule has 0 saturated carbocycles. The zero-order valence-electron chi connectivity index (χ0n) is 11.6. The van der Waals surface area contributed by atoms with E-state index in [1.54, 1.807) is 17.8 Å². The van der Waals surface area contributed by atoms with Gasteiger partial charge in [-0.15, -0.1) is 11.8 Å². The van der Waals surface area contributed by atoms with Gasteiger partial charge in [0.2, 0.25) is 0 Å². The predicted molar refractivity (Wildman–Crippen MR) is 85.6 cm³/mol. The van der Waals surface area contributed by atoms with Crippen molar-refractivity contribution in [1.29, 1.82) is 0 Å². The molecular weight excluding hydrogens is 301 g/mol. The fourth-order valence-electron chi connectivity index (χ4n) is 1.77. The molecule has 0 spiro atoms. The quantitative estimate of drug-likeness (QED) is 0.762. The van der Waals surface area contributed by atoms with E-state index >= 15 is 0 Å². The number of hydrogen-bond donors (Lipinski definition) is 1. The van der Waals surface area contributed by atoms with Crippen molar-refractivity contribution in [3.63, 3.8) is 0 Å². The van der Waals surface area contributed by atoms with Gasteiger partial charge < -0.3 is 5.11 Å². The van der Waals surface area contributed by atoms with Crippen LogP contribution in [0.3, 0.4) is 0 Å². The minimum atomic E-state index is -0.658. The Morgan fingerprint density at radius 3 is 2.58 bits per heavy atom. The Kier molecular flexibility index (Phi) is 6.98. The molecule has 0 aliphatic rings. The molecule has 108 valence electrons. The summed E-state index contributed by atoms with van der Waals surface area (Å²) >= 11 is 13.8. The van der Waals surface area contributed by atoms with E-state index in [2.05, 4.69) is 11.8 Å². The van der Waals surface area contributed by atoms with Crippen LogP contribution in [0.5, 0.6) is 0 Å². The lowest BCUT2D eigenvalue weighted by molar-refractivity contribution is 0.0400. The second kappa shape index (κ2) is 7.75. The van der Waals surface area contributed by atoms with Gasteiger partial charge in [-0.25, -0.2) is 0 Å². The Morgan fingerprint density at radius 2 is 2.00 bits per heavy atom. The minimum Gasteiger partial charge on any atom is -0.389 e. The number of rotatable bonds is 7. The maximum absolute atomic E-state index is 9.83. The average molecular weight is 322 g/mol. The van der Waals surface area contributed by atoms with Crippen molar-refractivity contribution in [2.75, 3.05) is 25.4 Å². The van der Waals surface area contributed by atoms with Crippen molar-refractivity contribution in [3.8, 4) is 0 Å². The lowest BCUT2D eigenvalue weighted by Gasteiger charge is -2.27. The molecule has 1 aromatic carbocycles. The van der Waals surface area contributed by atoms with E-state index in [0.29, 0.717) is 11.6 Å². The molecule has 0 saturated heterocycles. The van der Waals surface area contributed by atoms with Gasteiger partial charge in [0.15, 0.2) is 0 Å². The first-order valence-electron chi connectivity index (χ1n) is 6.34. The van der Waals surface area contributed by atoms with Crippen LogP contribution in [0.1, 0.15) is 20.8 Å². The SMILES string of the molecule is CCN(CCSc1cc(Cl)ccc1Cl)CC(C)(C)O. The van der Waals surface area contributed by atoms with Crippen molar-refractivity contribution in [2.45, 2.75) is 31.3 Å². The van der Waals surface area contributed by atoms with Crippen molar-refractivity contribution >= 4 is 35.0 Å². The number of benzene rings is 1. The van der Waals surface area contributed by atoms with E-state index in [1.807, 2.05) is 26.0 Å². The maximum Gasteiger partial charge on any atom is 0.0718 e. The molecule has 1 aromatic rings. The number of aliphatic hydroxyl groups is 1. The highest BCUT2D eigenvalue weighted by molar-refractivity contribution is 7.99. The highest BCUT2D eigenvalue weighted by Gasteiger charge is 2.16. The van der Waals surface area contributed by atoms with Crippen LogP contribution < -0.4 is 0 Å². The standard InChI is InChI=1S/C14H21Cl2NOS/c1-4-17(10-14(2,3)18)7-8-19-13-9-11(15)5-6-12(13)16/h5-6,9,18H,4,7-8,10H2,1-3H3. The highest BCUT2D eigenvalue weighted by atomic mass is 35.5. The van der Waals surface area contributed by atoms with Gasteiger partial charge in [0.05, 0.1) is 10.6 Å². The molecule has 0 aromatic heterocycles. The molecule has 0 unspecified atom stereocenters. The molecule has 5 heteroatoms. The molecule has 0 radical (unpaired) electrons. The lowest BCUT2D eigenvalue weighted by Crippen LogP contribution is -2.39. The number of thioether (sulfide) groups is 1. The van der Waals surface area contributed by atoms with Gasteiger partial charge in [0.1, 0.15) is 0 Å². The van der Waals surface area contributed by atoms with E-state index in [1.165, 1.54) is 0 Å². The Morgan fingerprint density at radius 1 is 1.32 bits per heavy atom. The molecular formula is C14H21Cl2NOS. The van der Waals surface area contributed by atoms with Crippen LogP contribution in [0, 0.1) is 0 Å². The first kappa shape index (κ1) is 17.1. The average Bonchev–Trinajstić information content (AvgIpc) is 2.30. The molecule has 0 amide bonds. The topological polar surface area (TPSA) is 23.5 Å². The van der Waals surface area contributed by atoms with Gasteiger partial charge in [-0.3, -0.25) is 4.90 Å². The van der Waals surface area contributed by atoms with Gasteiger partial charge in [0.25, 0.3) is 0 Å². The minimum absolute atomic E-state index is 0.658. The van der Waals surface area contributed by atoms with Crippen LogP contribution in [0.4, 0.5) is 0 Å². The van der Waals surface area contributed by atoms with E-state index in [9.17, 15) is 5.11 Å². The van der Waals surface area contributed by atoms with Gasteiger partial charge in [0, 0.05) is 28.8 Å². The van der Waals surface area contributed by atoms with Crippen LogP contribution in [-0.2, 0) is 0 Å².